The van der Waals surface area contributed by atoms with Gasteiger partial charge in [-0.15, -0.1) is 23.2 Å². The quantitative estimate of drug-likeness (QED) is 0.207. The first-order chi connectivity index (χ1) is 21.0. The third-order valence-corrected chi connectivity index (χ3v) is 10.1. The fraction of sp³-hybridized carbons (Fsp3) is 0.226. The van der Waals surface area contributed by atoms with Gasteiger partial charge in [-0.2, -0.15) is 0 Å². The van der Waals surface area contributed by atoms with E-state index in [2.05, 4.69) is 0 Å². The number of fused-ring (bicyclic) bond motifs is 4. The van der Waals surface area contributed by atoms with Crippen molar-refractivity contribution in [1.29, 1.82) is 0 Å². The summed E-state index contributed by atoms with van der Waals surface area (Å²) in [6, 6.07) is 16.6. The number of phenolic OH excluding ortho intramolecular Hbond substituents is 1. The molecular formula is C31H23Cl2FN4O6. The highest BCUT2D eigenvalue weighted by Gasteiger charge is 2.75. The standard InChI is InChI=1S/C31H23Cl2FN4O6/c1-44-24-15-17(7-12-23(24)39)25-21-13-14-35-28(42)37(19-5-3-2-4-6-19)29(43)38(35)22(21)16-30(32)26(40)36(27(41)31(25,30)33)20-10-8-18(34)9-11-20/h2-13,15,22,25,39H,14,16H2,1H3/t22-,25+,30-,31+/m1/s1. The molecule has 0 spiro atoms. The Labute approximate surface area is 258 Å². The summed E-state index contributed by atoms with van der Waals surface area (Å²) in [7, 11) is 1.36. The highest BCUT2D eigenvalue weighted by atomic mass is 35.5. The number of anilines is 1. The number of benzene rings is 3. The van der Waals surface area contributed by atoms with Crippen LogP contribution in [0, 0.1) is 5.82 Å². The molecule has 0 bridgehead atoms. The van der Waals surface area contributed by atoms with Gasteiger partial charge in [-0.3, -0.25) is 9.59 Å². The number of halogens is 3. The number of amides is 2. The molecular weight excluding hydrogens is 614 g/mol. The molecule has 13 heteroatoms. The Balaban J connectivity index is 1.48. The van der Waals surface area contributed by atoms with Crippen molar-refractivity contribution in [3.8, 4) is 17.2 Å². The van der Waals surface area contributed by atoms with Gasteiger partial charge in [0, 0.05) is 12.3 Å². The van der Waals surface area contributed by atoms with Crippen LogP contribution in [-0.4, -0.2) is 47.7 Å². The Kier molecular flexibility index (Phi) is 6.21. The Morgan fingerprint density at radius 1 is 0.909 bits per heavy atom. The van der Waals surface area contributed by atoms with Crippen molar-refractivity contribution in [2.45, 2.75) is 34.7 Å². The van der Waals surface area contributed by atoms with E-state index >= 15 is 0 Å². The average Bonchev–Trinajstić information content (AvgIpc) is 3.36. The fourth-order valence-electron chi connectivity index (χ4n) is 6.71. The maximum absolute atomic E-state index is 14.4. The minimum absolute atomic E-state index is 0.0302. The van der Waals surface area contributed by atoms with Crippen LogP contribution in [0.5, 0.6) is 11.5 Å². The molecule has 44 heavy (non-hydrogen) atoms. The fourth-order valence-corrected chi connectivity index (χ4v) is 7.62. The highest BCUT2D eigenvalue weighted by Crippen LogP contribution is 2.64. The zero-order valence-electron chi connectivity index (χ0n) is 23.0. The number of aromatic hydroxyl groups is 1. The molecule has 0 radical (unpaired) electrons. The lowest BCUT2D eigenvalue weighted by molar-refractivity contribution is -0.122. The van der Waals surface area contributed by atoms with Crippen molar-refractivity contribution < 1.29 is 23.8 Å². The van der Waals surface area contributed by atoms with Gasteiger partial charge in [-0.25, -0.2) is 32.8 Å². The van der Waals surface area contributed by atoms with Crippen LogP contribution in [0.4, 0.5) is 10.1 Å². The van der Waals surface area contributed by atoms with Crippen LogP contribution >= 0.6 is 23.2 Å². The summed E-state index contributed by atoms with van der Waals surface area (Å²) in [4.78, 5) is 52.7. The van der Waals surface area contributed by atoms with Crippen LogP contribution in [-0.2, 0) is 16.1 Å². The van der Waals surface area contributed by atoms with Gasteiger partial charge in [0.15, 0.2) is 21.2 Å². The maximum Gasteiger partial charge on any atom is 0.352 e. The Morgan fingerprint density at radius 3 is 2.30 bits per heavy atom. The van der Waals surface area contributed by atoms with Gasteiger partial charge >= 0.3 is 11.4 Å². The first-order valence-electron chi connectivity index (χ1n) is 13.6. The molecule has 3 aliphatic rings. The van der Waals surface area contributed by atoms with Crippen molar-refractivity contribution >= 4 is 40.7 Å². The normalized spacial score (nSPS) is 25.7. The molecule has 1 aliphatic carbocycles. The number of alkyl halides is 2. The molecule has 4 aromatic rings. The van der Waals surface area contributed by atoms with Gasteiger partial charge in [-0.05, 0) is 59.7 Å². The van der Waals surface area contributed by atoms with Crippen molar-refractivity contribution in [1.82, 2.24) is 13.9 Å². The van der Waals surface area contributed by atoms with E-state index in [0.717, 1.165) is 21.6 Å². The summed E-state index contributed by atoms with van der Waals surface area (Å²) in [6.07, 6.45) is 1.40. The lowest BCUT2D eigenvalue weighted by Crippen LogP contribution is -2.59. The van der Waals surface area contributed by atoms with Crippen molar-refractivity contribution in [3.63, 3.8) is 0 Å². The number of imide groups is 1. The number of aromatic nitrogens is 3. The van der Waals surface area contributed by atoms with Gasteiger partial charge < -0.3 is 9.84 Å². The van der Waals surface area contributed by atoms with Crippen LogP contribution in [0.25, 0.3) is 5.69 Å². The van der Waals surface area contributed by atoms with Crippen LogP contribution in [0.1, 0.15) is 23.9 Å². The third-order valence-electron chi connectivity index (χ3n) is 8.71. The third kappa shape index (κ3) is 3.59. The predicted molar refractivity (Wildman–Crippen MR) is 159 cm³/mol. The number of carbonyl (C=O) groups excluding carboxylic acids is 2. The molecule has 3 aromatic carbocycles. The van der Waals surface area contributed by atoms with Crippen molar-refractivity contribution in [2.75, 3.05) is 12.0 Å². The number of hydrogen-bond acceptors (Lipinski definition) is 6. The zero-order chi connectivity index (χ0) is 31.1. The largest absolute Gasteiger partial charge is 0.504 e. The molecule has 1 N–H and O–H groups in total. The molecule has 2 amide bonds. The number of nitrogens with zero attached hydrogens (tertiary/aromatic N) is 4. The van der Waals surface area contributed by atoms with Crippen LogP contribution in [0.3, 0.4) is 0 Å². The Hall–Kier alpha value is -4.61. The van der Waals surface area contributed by atoms with Crippen molar-refractivity contribution in [3.05, 3.63) is 117 Å². The summed E-state index contributed by atoms with van der Waals surface area (Å²) in [6.45, 7) is -0.0302. The minimum atomic E-state index is -2.13. The van der Waals surface area contributed by atoms with E-state index in [1.54, 1.807) is 36.4 Å². The Morgan fingerprint density at radius 2 is 1.61 bits per heavy atom. The number of phenols is 1. The van der Waals surface area contributed by atoms with E-state index in [1.165, 1.54) is 46.8 Å². The number of para-hydroxylation sites is 1. The molecule has 0 unspecified atom stereocenters. The zero-order valence-corrected chi connectivity index (χ0v) is 24.5. The first kappa shape index (κ1) is 28.2. The number of methoxy groups -OCH3 is 1. The second-order valence-electron chi connectivity index (χ2n) is 10.9. The summed E-state index contributed by atoms with van der Waals surface area (Å²) < 4.78 is 22.7. The molecule has 1 saturated heterocycles. The molecule has 3 heterocycles. The monoisotopic (exact) mass is 636 g/mol. The van der Waals surface area contributed by atoms with E-state index in [4.69, 9.17) is 27.9 Å². The topological polar surface area (TPSA) is 116 Å². The molecule has 2 fully saturated rings. The van der Waals surface area contributed by atoms with E-state index in [0.29, 0.717) is 16.8 Å². The number of ether oxygens (including phenoxy) is 1. The van der Waals surface area contributed by atoms with E-state index in [9.17, 15) is 28.7 Å². The SMILES string of the molecule is COc1cc([C@H]2C3=CCn4c(=O)n(-c5ccccc5)c(=O)n4[C@@H]3C[C@@]3(Cl)C(=O)N(c4ccc(F)cc4)C(=O)[C@@]23Cl)ccc1O. The summed E-state index contributed by atoms with van der Waals surface area (Å²) >= 11 is 14.6. The van der Waals surface area contributed by atoms with E-state index in [-0.39, 0.29) is 30.2 Å². The predicted octanol–water partition coefficient (Wildman–Crippen LogP) is 3.85. The van der Waals surface area contributed by atoms with E-state index in [1.807, 2.05) is 0 Å². The lowest BCUT2D eigenvalue weighted by atomic mass is 9.64. The molecule has 4 atom stereocenters. The average molecular weight is 637 g/mol. The number of allylic oxidation sites excluding steroid dienone is 2. The molecule has 10 nitrogen and oxygen atoms in total. The molecule has 1 saturated carbocycles. The number of carbonyl (C=O) groups is 2. The maximum atomic E-state index is 14.4. The lowest BCUT2D eigenvalue weighted by Gasteiger charge is -2.49. The van der Waals surface area contributed by atoms with E-state index < -0.39 is 50.7 Å². The number of rotatable bonds is 4. The van der Waals surface area contributed by atoms with Gasteiger partial charge in [0.05, 0.1) is 31.1 Å². The summed E-state index contributed by atoms with van der Waals surface area (Å²) in [5.74, 6) is -3.47. The van der Waals surface area contributed by atoms with Gasteiger partial charge in [0.25, 0.3) is 11.8 Å². The second-order valence-corrected chi connectivity index (χ2v) is 12.1. The first-order valence-corrected chi connectivity index (χ1v) is 14.4. The van der Waals surface area contributed by atoms with Crippen LogP contribution in [0.15, 0.2) is 94.0 Å². The van der Waals surface area contributed by atoms with Gasteiger partial charge in [-0.1, -0.05) is 30.3 Å². The van der Waals surface area contributed by atoms with Crippen LogP contribution in [0.2, 0.25) is 0 Å². The van der Waals surface area contributed by atoms with Crippen molar-refractivity contribution in [2.24, 2.45) is 0 Å². The smallest absolute Gasteiger partial charge is 0.352 e. The number of hydrogen-bond donors (Lipinski definition) is 1. The highest BCUT2D eigenvalue weighted by molar-refractivity contribution is 6.58. The molecule has 2 aliphatic heterocycles. The summed E-state index contributed by atoms with van der Waals surface area (Å²) in [5.41, 5.74) is 0.0402. The molecule has 7 rings (SSSR count). The summed E-state index contributed by atoms with van der Waals surface area (Å²) in [5, 5.41) is 10.3. The van der Waals surface area contributed by atoms with Crippen LogP contribution < -0.4 is 21.0 Å². The minimum Gasteiger partial charge on any atom is -0.504 e. The second kappa shape index (κ2) is 9.70. The molecule has 1 aromatic heterocycles. The van der Waals surface area contributed by atoms with Gasteiger partial charge in [0.2, 0.25) is 0 Å². The molecule has 224 valence electrons. The Bertz CT molecular complexity index is 2020. The van der Waals surface area contributed by atoms with Gasteiger partial charge in [0.1, 0.15) is 5.82 Å².